The zero-order chi connectivity index (χ0) is 21.4. The highest BCUT2D eigenvalue weighted by atomic mass is 35.5. The first kappa shape index (κ1) is 20.2. The number of para-hydroxylation sites is 1. The fourth-order valence-corrected chi connectivity index (χ4v) is 4.10. The van der Waals surface area contributed by atoms with E-state index in [0.29, 0.717) is 42.7 Å². The van der Waals surface area contributed by atoms with E-state index in [1.807, 2.05) is 0 Å². The van der Waals surface area contributed by atoms with Crippen molar-refractivity contribution >= 4 is 23.4 Å². The number of ether oxygens (including phenoxy) is 1. The van der Waals surface area contributed by atoms with Gasteiger partial charge in [-0.15, -0.1) is 0 Å². The van der Waals surface area contributed by atoms with E-state index in [2.05, 4.69) is 4.98 Å². The van der Waals surface area contributed by atoms with Gasteiger partial charge in [0.25, 0.3) is 11.8 Å². The molecule has 0 spiro atoms. The zero-order valence-corrected chi connectivity index (χ0v) is 17.1. The third-order valence-corrected chi connectivity index (χ3v) is 5.77. The van der Waals surface area contributed by atoms with Crippen LogP contribution in [0.2, 0.25) is 5.02 Å². The van der Waals surface area contributed by atoms with Gasteiger partial charge in [0.05, 0.1) is 11.1 Å². The van der Waals surface area contributed by atoms with E-state index in [1.165, 1.54) is 4.90 Å². The largest absolute Gasteiger partial charge is 0.501 e. The van der Waals surface area contributed by atoms with Gasteiger partial charge in [-0.3, -0.25) is 14.4 Å². The van der Waals surface area contributed by atoms with Gasteiger partial charge in [-0.05, 0) is 25.0 Å². The third-order valence-electron chi connectivity index (χ3n) is 5.46. The number of carbonyl (C=O) groups is 2. The van der Waals surface area contributed by atoms with Crippen LogP contribution >= 0.6 is 11.6 Å². The third kappa shape index (κ3) is 3.49. The lowest BCUT2D eigenvalue weighted by atomic mass is 10.1. The second kappa shape index (κ2) is 7.98. The molecule has 1 aromatic carbocycles. The molecule has 0 radical (unpaired) electrons. The SMILES string of the molecule is CN1CCn2c(C3CCCN3C(=O)COc3ccccc3Cl)nc(=O)c(O)c2C1=O. The first-order chi connectivity index (χ1) is 14.4. The summed E-state index contributed by atoms with van der Waals surface area (Å²) in [5.41, 5.74) is -0.947. The molecular weight excluding hydrogens is 412 g/mol. The van der Waals surface area contributed by atoms with E-state index >= 15 is 0 Å². The Morgan fingerprint density at radius 1 is 1.27 bits per heavy atom. The summed E-state index contributed by atoms with van der Waals surface area (Å²) >= 11 is 6.07. The molecule has 3 heterocycles. The number of likely N-dealkylation sites (N-methyl/N-ethyl adjacent to an activating group) is 1. The van der Waals surface area contributed by atoms with E-state index in [9.17, 15) is 19.5 Å². The molecule has 9 nitrogen and oxygen atoms in total. The van der Waals surface area contributed by atoms with Crippen LogP contribution in [0.15, 0.2) is 29.1 Å². The molecule has 1 saturated heterocycles. The predicted octanol–water partition coefficient (Wildman–Crippen LogP) is 1.43. The van der Waals surface area contributed by atoms with Gasteiger partial charge in [-0.2, -0.15) is 4.98 Å². The number of aromatic hydroxyl groups is 1. The standard InChI is InChI=1S/C20H21ClN4O5/c1-23-9-10-25-16(20(23)29)17(27)19(28)22-18(25)13-6-4-8-24(13)15(26)11-30-14-7-3-2-5-12(14)21/h2-3,5,7,13,27H,4,6,8-11H2,1H3. The molecule has 1 atom stereocenters. The molecule has 1 N–H and O–H groups in total. The Labute approximate surface area is 177 Å². The number of benzene rings is 1. The average molecular weight is 433 g/mol. The molecule has 2 aliphatic heterocycles. The van der Waals surface area contributed by atoms with Crippen molar-refractivity contribution in [2.45, 2.75) is 25.4 Å². The summed E-state index contributed by atoms with van der Waals surface area (Å²) in [6.07, 6.45) is 1.32. The summed E-state index contributed by atoms with van der Waals surface area (Å²) in [7, 11) is 1.60. The van der Waals surface area contributed by atoms with Crippen molar-refractivity contribution in [3.63, 3.8) is 0 Å². The van der Waals surface area contributed by atoms with Crippen molar-refractivity contribution in [2.24, 2.45) is 0 Å². The van der Waals surface area contributed by atoms with Crippen LogP contribution in [0.25, 0.3) is 0 Å². The van der Waals surface area contributed by atoms with Gasteiger partial charge >= 0.3 is 5.56 Å². The van der Waals surface area contributed by atoms with Crippen LogP contribution in [-0.2, 0) is 11.3 Å². The zero-order valence-electron chi connectivity index (χ0n) is 16.4. The molecule has 10 heteroatoms. The van der Waals surface area contributed by atoms with E-state index in [-0.39, 0.29) is 18.2 Å². The second-order valence-electron chi connectivity index (χ2n) is 7.31. The van der Waals surface area contributed by atoms with Gasteiger partial charge in [-0.25, -0.2) is 0 Å². The van der Waals surface area contributed by atoms with E-state index in [1.54, 1.807) is 40.8 Å². The maximum Gasteiger partial charge on any atom is 0.315 e. The van der Waals surface area contributed by atoms with Crippen LogP contribution in [0.1, 0.15) is 35.2 Å². The second-order valence-corrected chi connectivity index (χ2v) is 7.72. The van der Waals surface area contributed by atoms with Crippen molar-refractivity contribution in [3.05, 3.63) is 51.2 Å². The molecular formula is C20H21ClN4O5. The summed E-state index contributed by atoms with van der Waals surface area (Å²) in [6.45, 7) is 1.06. The molecule has 1 aromatic heterocycles. The van der Waals surface area contributed by atoms with Gasteiger partial charge in [-0.1, -0.05) is 23.7 Å². The van der Waals surface area contributed by atoms with Gasteiger partial charge in [0, 0.05) is 26.7 Å². The van der Waals surface area contributed by atoms with Crippen LogP contribution in [0.4, 0.5) is 0 Å². The van der Waals surface area contributed by atoms with Gasteiger partial charge in [0.15, 0.2) is 12.3 Å². The Morgan fingerprint density at radius 2 is 2.03 bits per heavy atom. The minimum absolute atomic E-state index is 0.0784. The molecule has 4 rings (SSSR count). The molecule has 2 aliphatic rings. The molecule has 1 unspecified atom stereocenters. The first-order valence-electron chi connectivity index (χ1n) is 9.64. The number of likely N-dealkylation sites (tertiary alicyclic amines) is 1. The Bertz CT molecular complexity index is 1070. The number of hydrogen-bond acceptors (Lipinski definition) is 6. The summed E-state index contributed by atoms with van der Waals surface area (Å²) in [6, 6.07) is 6.40. The maximum atomic E-state index is 12.9. The quantitative estimate of drug-likeness (QED) is 0.783. The van der Waals surface area contributed by atoms with Crippen molar-refractivity contribution in [1.82, 2.24) is 19.4 Å². The van der Waals surface area contributed by atoms with Crippen molar-refractivity contribution in [2.75, 3.05) is 26.7 Å². The number of carbonyl (C=O) groups excluding carboxylic acids is 2. The lowest BCUT2D eigenvalue weighted by molar-refractivity contribution is -0.134. The monoisotopic (exact) mass is 432 g/mol. The average Bonchev–Trinajstić information content (AvgIpc) is 3.22. The first-order valence-corrected chi connectivity index (χ1v) is 10.0. The predicted molar refractivity (Wildman–Crippen MR) is 108 cm³/mol. The molecule has 0 bridgehead atoms. The van der Waals surface area contributed by atoms with Crippen molar-refractivity contribution in [1.29, 1.82) is 0 Å². The molecule has 30 heavy (non-hydrogen) atoms. The number of aromatic nitrogens is 2. The molecule has 0 aliphatic carbocycles. The number of rotatable bonds is 4. The van der Waals surface area contributed by atoms with Crippen molar-refractivity contribution < 1.29 is 19.4 Å². The summed E-state index contributed by atoms with van der Waals surface area (Å²) in [5, 5.41) is 10.6. The van der Waals surface area contributed by atoms with E-state index < -0.39 is 23.3 Å². The molecule has 2 amide bonds. The molecule has 158 valence electrons. The Kier molecular flexibility index (Phi) is 5.38. The lowest BCUT2D eigenvalue weighted by Crippen LogP contribution is -2.43. The Hall–Kier alpha value is -3.07. The number of nitrogens with zero attached hydrogens (tertiary/aromatic N) is 4. The smallest absolute Gasteiger partial charge is 0.315 e. The fourth-order valence-electron chi connectivity index (χ4n) is 3.91. The van der Waals surface area contributed by atoms with Gasteiger partial charge in [0.1, 0.15) is 11.6 Å². The molecule has 0 saturated carbocycles. The minimum atomic E-state index is -0.869. The van der Waals surface area contributed by atoms with E-state index in [4.69, 9.17) is 16.3 Å². The summed E-state index contributed by atoms with van der Waals surface area (Å²) < 4.78 is 7.13. The fraction of sp³-hybridized carbons (Fsp3) is 0.400. The Balaban J connectivity index is 1.62. The highest BCUT2D eigenvalue weighted by Crippen LogP contribution is 2.33. The topological polar surface area (TPSA) is 105 Å². The van der Waals surface area contributed by atoms with Crippen molar-refractivity contribution in [3.8, 4) is 11.5 Å². The summed E-state index contributed by atoms with van der Waals surface area (Å²) in [5.74, 6) is -0.648. The van der Waals surface area contributed by atoms with Gasteiger partial charge < -0.3 is 24.2 Å². The van der Waals surface area contributed by atoms with Crippen LogP contribution in [0, 0.1) is 0 Å². The Morgan fingerprint density at radius 3 is 2.80 bits per heavy atom. The molecule has 2 aromatic rings. The van der Waals surface area contributed by atoms with Crippen LogP contribution in [0.5, 0.6) is 11.5 Å². The van der Waals surface area contributed by atoms with Crippen LogP contribution in [0.3, 0.4) is 0 Å². The van der Waals surface area contributed by atoms with Crippen LogP contribution < -0.4 is 10.3 Å². The molecule has 1 fully saturated rings. The highest BCUT2D eigenvalue weighted by Gasteiger charge is 2.37. The summed E-state index contributed by atoms with van der Waals surface area (Å²) in [4.78, 5) is 44.7. The number of halogens is 1. The lowest BCUT2D eigenvalue weighted by Gasteiger charge is -2.32. The number of hydrogen-bond donors (Lipinski definition) is 1. The van der Waals surface area contributed by atoms with E-state index in [0.717, 1.165) is 6.42 Å². The highest BCUT2D eigenvalue weighted by molar-refractivity contribution is 6.32. The minimum Gasteiger partial charge on any atom is -0.501 e. The number of amides is 2. The number of fused-ring (bicyclic) bond motifs is 1. The van der Waals surface area contributed by atoms with Gasteiger partial charge in [0.2, 0.25) is 5.75 Å². The normalized spacial score (nSPS) is 18.5. The maximum absolute atomic E-state index is 12.9. The van der Waals surface area contributed by atoms with Crippen LogP contribution in [-0.4, -0.2) is 63.0 Å².